The predicted octanol–water partition coefficient (Wildman–Crippen LogP) is 5.63. The van der Waals surface area contributed by atoms with Crippen molar-refractivity contribution in [1.82, 2.24) is 14.1 Å². The van der Waals surface area contributed by atoms with Crippen LogP contribution in [-0.2, 0) is 32.5 Å². The average molecular weight is 767 g/mol. The van der Waals surface area contributed by atoms with Gasteiger partial charge in [0.15, 0.2) is 0 Å². The summed E-state index contributed by atoms with van der Waals surface area (Å²) in [5.41, 5.74) is 3.00. The number of carbonyl (C=O) groups excluding carboxylic acids is 1. The summed E-state index contributed by atoms with van der Waals surface area (Å²) in [5, 5.41) is 0.104. The first-order chi connectivity index (χ1) is 25.6. The summed E-state index contributed by atoms with van der Waals surface area (Å²) in [7, 11) is -1.98. The monoisotopic (exact) mass is 766 g/mol. The molecule has 4 fully saturated rings. The molecule has 1 amide bonds. The molecule has 12 heteroatoms. The Hall–Kier alpha value is -2.67. The number of hydrogen-bond donors (Lipinski definition) is 0. The number of methoxy groups -OCH3 is 1. The van der Waals surface area contributed by atoms with Crippen LogP contribution in [0.1, 0.15) is 66.9 Å². The van der Waals surface area contributed by atoms with E-state index in [1.807, 2.05) is 44.4 Å². The summed E-state index contributed by atoms with van der Waals surface area (Å²) in [4.78, 5) is 21.6. The molecule has 10 nitrogen and oxygen atoms in total. The number of carbonyl (C=O) groups is 1. The minimum Gasteiger partial charge on any atom is -0.487 e. The van der Waals surface area contributed by atoms with E-state index in [1.165, 1.54) is 5.56 Å². The zero-order chi connectivity index (χ0) is 36.7. The molecule has 0 radical (unpaired) electrons. The quantitative estimate of drug-likeness (QED) is 0.369. The van der Waals surface area contributed by atoms with E-state index in [2.05, 4.69) is 26.9 Å². The number of allylic oxidation sites excluding steroid dienone is 1. The van der Waals surface area contributed by atoms with Gasteiger partial charge < -0.3 is 19.1 Å². The van der Waals surface area contributed by atoms with Crippen molar-refractivity contribution in [2.75, 3.05) is 77.6 Å². The maximum absolute atomic E-state index is 14.1. The van der Waals surface area contributed by atoms with Crippen molar-refractivity contribution in [3.63, 3.8) is 0 Å². The van der Waals surface area contributed by atoms with Crippen LogP contribution in [0, 0.1) is 17.8 Å². The maximum atomic E-state index is 14.1. The van der Waals surface area contributed by atoms with E-state index < -0.39 is 26.8 Å². The second kappa shape index (κ2) is 15.5. The number of morpholine rings is 1. The van der Waals surface area contributed by atoms with E-state index in [4.69, 9.17) is 25.8 Å². The van der Waals surface area contributed by atoms with Crippen LogP contribution in [0.25, 0.3) is 0 Å². The van der Waals surface area contributed by atoms with Crippen LogP contribution >= 0.6 is 11.6 Å². The van der Waals surface area contributed by atoms with E-state index in [9.17, 15) is 13.2 Å². The molecule has 6 aliphatic rings. The summed E-state index contributed by atoms with van der Waals surface area (Å²) in [6.45, 7) is 10.5. The van der Waals surface area contributed by atoms with Crippen molar-refractivity contribution in [3.05, 3.63) is 70.3 Å². The molecule has 0 N–H and O–H groups in total. The third-order valence-corrected chi connectivity index (χ3v) is 15.8. The molecule has 8 rings (SSSR count). The van der Waals surface area contributed by atoms with Crippen molar-refractivity contribution >= 4 is 33.2 Å². The predicted molar refractivity (Wildman–Crippen MR) is 207 cm³/mol. The van der Waals surface area contributed by atoms with E-state index in [0.29, 0.717) is 42.7 Å². The lowest BCUT2D eigenvalue weighted by molar-refractivity contribution is -0.108. The SMILES string of the molecule is CO[C@]1(CN2CCN3CCOC[C@@H]3C2)/C=C/C[C@H](C)[C@H]2CCN(C(=O)c3ccc4c(c3)N(CCCCc3cc(Cl)ccc3CO4)C[C@@H]3CC[C@H]31)S2(=O)=O. The van der Waals surface area contributed by atoms with Gasteiger partial charge in [0.05, 0.1) is 24.2 Å². The van der Waals surface area contributed by atoms with Gasteiger partial charge in [-0.2, -0.15) is 0 Å². The number of ether oxygens (including phenoxy) is 3. The molecule has 3 saturated heterocycles. The number of nitrogens with zero attached hydrogens (tertiary/aromatic N) is 4. The minimum atomic E-state index is -3.84. The smallest absolute Gasteiger partial charge is 0.267 e. The number of benzene rings is 2. The average Bonchev–Trinajstić information content (AvgIpc) is 3.45. The van der Waals surface area contributed by atoms with Gasteiger partial charge in [-0.3, -0.25) is 14.6 Å². The van der Waals surface area contributed by atoms with Crippen LogP contribution in [-0.4, -0.2) is 118 Å². The molecule has 2 aromatic carbocycles. The molecular formula is C41H55ClN4O6S. The highest BCUT2D eigenvalue weighted by atomic mass is 35.5. The lowest BCUT2D eigenvalue weighted by atomic mass is 9.63. The van der Waals surface area contributed by atoms with Gasteiger partial charge in [-0.1, -0.05) is 36.7 Å². The van der Waals surface area contributed by atoms with Crippen LogP contribution in [0.4, 0.5) is 5.69 Å². The molecule has 5 heterocycles. The number of aryl methyl sites for hydroxylation is 1. The Balaban J connectivity index is 1.17. The minimum absolute atomic E-state index is 0.148. The molecule has 0 unspecified atom stereocenters. The van der Waals surface area contributed by atoms with Gasteiger partial charge in [0, 0.05) is 76.1 Å². The highest BCUT2D eigenvalue weighted by Crippen LogP contribution is 2.47. The largest absolute Gasteiger partial charge is 0.487 e. The van der Waals surface area contributed by atoms with Crippen LogP contribution < -0.4 is 9.64 Å². The number of fused-ring (bicyclic) bond motifs is 6. The Morgan fingerprint density at radius 1 is 0.981 bits per heavy atom. The fraction of sp³-hybridized carbons (Fsp3) is 0.634. The molecule has 1 aliphatic carbocycles. The Labute approximate surface area is 320 Å². The summed E-state index contributed by atoms with van der Waals surface area (Å²) in [6.07, 6.45) is 10.5. The Morgan fingerprint density at radius 3 is 2.70 bits per heavy atom. The van der Waals surface area contributed by atoms with Crippen molar-refractivity contribution in [2.24, 2.45) is 17.8 Å². The molecule has 0 spiro atoms. The van der Waals surface area contributed by atoms with Gasteiger partial charge in [0.1, 0.15) is 18.0 Å². The van der Waals surface area contributed by atoms with Crippen molar-refractivity contribution in [3.8, 4) is 5.75 Å². The highest BCUT2D eigenvalue weighted by molar-refractivity contribution is 7.90. The van der Waals surface area contributed by atoms with E-state index in [0.717, 1.165) is 112 Å². The zero-order valence-corrected chi connectivity index (χ0v) is 32.8. The van der Waals surface area contributed by atoms with E-state index in [-0.39, 0.29) is 18.4 Å². The summed E-state index contributed by atoms with van der Waals surface area (Å²) in [5.74, 6) is 0.728. The topological polar surface area (TPSA) is 91.9 Å². The Kier molecular flexibility index (Phi) is 10.9. The fourth-order valence-corrected chi connectivity index (χ4v) is 12.2. The number of rotatable bonds is 3. The van der Waals surface area contributed by atoms with E-state index >= 15 is 0 Å². The molecular weight excluding hydrogens is 712 g/mol. The molecule has 4 bridgehead atoms. The molecule has 2 aromatic rings. The number of amides is 1. The fourth-order valence-electron chi connectivity index (χ4n) is 9.92. The first-order valence-corrected chi connectivity index (χ1v) is 21.7. The third-order valence-electron chi connectivity index (χ3n) is 13.2. The van der Waals surface area contributed by atoms with Gasteiger partial charge in [-0.15, -0.1) is 0 Å². The molecule has 5 aliphatic heterocycles. The molecule has 6 atom stereocenters. The highest BCUT2D eigenvalue weighted by Gasteiger charge is 2.49. The number of piperazine rings is 1. The van der Waals surface area contributed by atoms with Gasteiger partial charge in [-0.25, -0.2) is 12.7 Å². The second-order valence-corrected chi connectivity index (χ2v) is 18.8. The zero-order valence-electron chi connectivity index (χ0n) is 31.3. The van der Waals surface area contributed by atoms with Gasteiger partial charge >= 0.3 is 0 Å². The summed E-state index contributed by atoms with van der Waals surface area (Å²) in [6, 6.07) is 11.9. The normalized spacial score (nSPS) is 33.0. The lowest BCUT2D eigenvalue weighted by Gasteiger charge is -2.53. The second-order valence-electron chi connectivity index (χ2n) is 16.3. The Bertz CT molecular complexity index is 1810. The number of halogens is 1. The van der Waals surface area contributed by atoms with E-state index in [1.54, 1.807) is 6.07 Å². The van der Waals surface area contributed by atoms with Gasteiger partial charge in [0.2, 0.25) is 10.0 Å². The standard InChI is InChI=1S/C41H55ClN4O6S/c1-29-6-5-15-41(50-2,28-43-18-19-44-20-21-51-27-35(44)25-43)36-12-9-32(36)24-45-16-4-3-7-30-22-34(42)11-8-33(30)26-52-38-13-10-31(23-37(38)45)40(47)46-17-14-39(29)53(46,48)49/h5,8,10-11,13,15,22-23,29,32,35-36,39H,3-4,6-7,9,12,14,16-21,24-28H2,1-2H3/b15-5+/t29-,32-,35-,36+,39+,41-/m0/s1. The molecule has 1 saturated carbocycles. The van der Waals surface area contributed by atoms with Crippen LogP contribution in [0.15, 0.2) is 48.6 Å². The molecule has 53 heavy (non-hydrogen) atoms. The van der Waals surface area contributed by atoms with Crippen molar-refractivity contribution in [2.45, 2.75) is 75.4 Å². The number of hydrogen-bond acceptors (Lipinski definition) is 9. The van der Waals surface area contributed by atoms with Crippen LogP contribution in [0.3, 0.4) is 0 Å². The van der Waals surface area contributed by atoms with Crippen LogP contribution in [0.2, 0.25) is 5.02 Å². The van der Waals surface area contributed by atoms with Crippen molar-refractivity contribution in [1.29, 1.82) is 0 Å². The summed E-state index contributed by atoms with van der Waals surface area (Å²) < 4.78 is 48.4. The van der Waals surface area contributed by atoms with Gasteiger partial charge in [0.25, 0.3) is 5.91 Å². The number of anilines is 1. The summed E-state index contributed by atoms with van der Waals surface area (Å²) >= 11 is 6.42. The third kappa shape index (κ3) is 7.38. The molecule has 0 aromatic heterocycles. The lowest BCUT2D eigenvalue weighted by Crippen LogP contribution is -2.62. The molecule has 288 valence electrons. The van der Waals surface area contributed by atoms with Crippen molar-refractivity contribution < 1.29 is 27.4 Å². The van der Waals surface area contributed by atoms with Crippen LogP contribution in [0.5, 0.6) is 5.75 Å². The first kappa shape index (κ1) is 37.3. The first-order valence-electron chi connectivity index (χ1n) is 19.8. The number of sulfonamides is 1. The van der Waals surface area contributed by atoms with Gasteiger partial charge in [-0.05, 0) is 104 Å². The Morgan fingerprint density at radius 2 is 1.87 bits per heavy atom. The maximum Gasteiger partial charge on any atom is 0.267 e.